The lowest BCUT2D eigenvalue weighted by molar-refractivity contribution is 0.122. The number of hydrogen-bond donors (Lipinski definition) is 1. The maximum Gasteiger partial charge on any atom is 0.158 e. The van der Waals surface area contributed by atoms with Gasteiger partial charge in [-0.1, -0.05) is 30.3 Å². The third kappa shape index (κ3) is 3.74. The predicted molar refractivity (Wildman–Crippen MR) is 111 cm³/mol. The van der Waals surface area contributed by atoms with E-state index in [9.17, 15) is 0 Å². The number of aromatic amines is 1. The molecule has 1 fully saturated rings. The molecule has 4 aromatic rings. The third-order valence-corrected chi connectivity index (χ3v) is 4.87. The fourth-order valence-electron chi connectivity index (χ4n) is 3.43. The Morgan fingerprint density at radius 3 is 2.79 bits per heavy atom. The van der Waals surface area contributed by atoms with Crippen LogP contribution in [0.2, 0.25) is 0 Å². The van der Waals surface area contributed by atoms with Gasteiger partial charge in [0.15, 0.2) is 5.65 Å². The second kappa shape index (κ2) is 7.84. The van der Waals surface area contributed by atoms with Crippen LogP contribution in [0, 0.1) is 0 Å². The van der Waals surface area contributed by atoms with Gasteiger partial charge in [0.05, 0.1) is 49.4 Å². The van der Waals surface area contributed by atoms with Gasteiger partial charge in [0.2, 0.25) is 0 Å². The fourth-order valence-corrected chi connectivity index (χ4v) is 3.43. The number of morpholine rings is 1. The lowest BCUT2D eigenvalue weighted by atomic mass is 10.2. The number of ether oxygens (including phenoxy) is 1. The molecule has 1 saturated heterocycles. The van der Waals surface area contributed by atoms with Crippen LogP contribution in [0.15, 0.2) is 60.0 Å². The van der Waals surface area contributed by atoms with Crippen LogP contribution in [0.25, 0.3) is 16.9 Å². The molecule has 146 valence electrons. The lowest BCUT2D eigenvalue weighted by Gasteiger charge is -2.29. The van der Waals surface area contributed by atoms with Gasteiger partial charge in [0, 0.05) is 37.0 Å². The molecule has 5 rings (SSSR count). The summed E-state index contributed by atoms with van der Waals surface area (Å²) in [5.41, 5.74) is 4.57. The van der Waals surface area contributed by atoms with Gasteiger partial charge in [-0.3, -0.25) is 4.99 Å². The zero-order valence-corrected chi connectivity index (χ0v) is 15.9. The molecule has 1 aromatic carbocycles. The van der Waals surface area contributed by atoms with Crippen LogP contribution in [0.4, 0.5) is 5.82 Å². The van der Waals surface area contributed by atoms with E-state index in [2.05, 4.69) is 38.1 Å². The zero-order valence-electron chi connectivity index (χ0n) is 15.9. The zero-order chi connectivity index (χ0) is 19.5. The maximum atomic E-state index is 5.52. The molecule has 0 saturated carbocycles. The predicted octanol–water partition coefficient (Wildman–Crippen LogP) is 2.58. The first-order chi connectivity index (χ1) is 14.4. The summed E-state index contributed by atoms with van der Waals surface area (Å²) in [5.74, 6) is 1.02. The number of hydrogen-bond acceptors (Lipinski definition) is 6. The summed E-state index contributed by atoms with van der Waals surface area (Å²) < 4.78 is 7.45. The van der Waals surface area contributed by atoms with Gasteiger partial charge in [0.1, 0.15) is 5.82 Å². The van der Waals surface area contributed by atoms with E-state index in [-0.39, 0.29) is 0 Å². The first kappa shape index (κ1) is 17.6. The van der Waals surface area contributed by atoms with Crippen molar-refractivity contribution in [2.75, 3.05) is 31.2 Å². The normalized spacial score (nSPS) is 14.8. The number of nitrogens with one attached hydrogen (secondary N) is 1. The number of rotatable bonds is 5. The molecule has 0 bridgehead atoms. The van der Waals surface area contributed by atoms with Crippen molar-refractivity contribution in [3.63, 3.8) is 0 Å². The second-order valence-electron chi connectivity index (χ2n) is 6.85. The van der Waals surface area contributed by atoms with Crippen molar-refractivity contribution in [3.05, 3.63) is 66.4 Å². The molecule has 0 atom stereocenters. The van der Waals surface area contributed by atoms with E-state index >= 15 is 0 Å². The van der Waals surface area contributed by atoms with Crippen molar-refractivity contribution >= 4 is 17.7 Å². The average Bonchev–Trinajstić information content (AvgIpc) is 3.44. The van der Waals surface area contributed by atoms with E-state index in [4.69, 9.17) is 14.8 Å². The van der Waals surface area contributed by atoms with Crippen LogP contribution in [0.1, 0.15) is 11.4 Å². The Labute approximate surface area is 167 Å². The molecule has 0 spiro atoms. The van der Waals surface area contributed by atoms with Gasteiger partial charge in [-0.25, -0.2) is 9.97 Å². The minimum atomic E-state index is 0.485. The fraction of sp³-hybridized carbons (Fsp3) is 0.238. The molecule has 4 heterocycles. The summed E-state index contributed by atoms with van der Waals surface area (Å²) in [4.78, 5) is 18.6. The summed E-state index contributed by atoms with van der Waals surface area (Å²) >= 11 is 0. The Morgan fingerprint density at radius 1 is 1.14 bits per heavy atom. The second-order valence-corrected chi connectivity index (χ2v) is 6.85. The van der Waals surface area contributed by atoms with E-state index in [1.54, 1.807) is 18.7 Å². The summed E-state index contributed by atoms with van der Waals surface area (Å²) in [6.07, 6.45) is 5.15. The van der Waals surface area contributed by atoms with Crippen LogP contribution >= 0.6 is 0 Å². The molecule has 0 unspecified atom stereocenters. The van der Waals surface area contributed by atoms with Crippen LogP contribution < -0.4 is 4.90 Å². The Hall–Kier alpha value is -3.52. The topological polar surface area (TPSA) is 83.7 Å². The maximum absolute atomic E-state index is 5.52. The Morgan fingerprint density at radius 2 is 2.00 bits per heavy atom. The molecule has 29 heavy (non-hydrogen) atoms. The van der Waals surface area contributed by atoms with E-state index in [0.717, 1.165) is 47.2 Å². The van der Waals surface area contributed by atoms with Crippen LogP contribution in [-0.2, 0) is 11.3 Å². The van der Waals surface area contributed by atoms with Gasteiger partial charge in [0.25, 0.3) is 0 Å². The quantitative estimate of drug-likeness (QED) is 0.532. The largest absolute Gasteiger partial charge is 0.378 e. The highest BCUT2D eigenvalue weighted by Gasteiger charge is 2.18. The molecular weight excluding hydrogens is 366 g/mol. The van der Waals surface area contributed by atoms with Crippen molar-refractivity contribution in [2.24, 2.45) is 4.99 Å². The minimum absolute atomic E-state index is 0.485. The molecule has 1 aliphatic rings. The summed E-state index contributed by atoms with van der Waals surface area (Å²) in [5, 5.41) is 4.84. The van der Waals surface area contributed by atoms with Gasteiger partial charge in [-0.05, 0) is 0 Å². The lowest BCUT2D eigenvalue weighted by Crippen LogP contribution is -2.37. The molecule has 8 heteroatoms. The van der Waals surface area contributed by atoms with Crippen molar-refractivity contribution in [1.82, 2.24) is 24.6 Å². The number of anilines is 1. The first-order valence-corrected chi connectivity index (χ1v) is 9.63. The third-order valence-electron chi connectivity index (χ3n) is 4.87. The van der Waals surface area contributed by atoms with Crippen molar-refractivity contribution in [1.29, 1.82) is 0 Å². The monoisotopic (exact) mass is 387 g/mol. The van der Waals surface area contributed by atoms with E-state index in [1.165, 1.54) is 0 Å². The molecule has 0 amide bonds. The van der Waals surface area contributed by atoms with Crippen molar-refractivity contribution < 1.29 is 4.74 Å². The number of aromatic nitrogens is 5. The van der Waals surface area contributed by atoms with Gasteiger partial charge in [-0.2, -0.15) is 9.61 Å². The first-order valence-electron chi connectivity index (χ1n) is 9.63. The molecular formula is C21H21N7O. The van der Waals surface area contributed by atoms with Gasteiger partial charge < -0.3 is 14.6 Å². The van der Waals surface area contributed by atoms with Gasteiger partial charge in [-0.15, -0.1) is 0 Å². The summed E-state index contributed by atoms with van der Waals surface area (Å²) in [6.45, 7) is 3.57. The number of fused-ring (bicyclic) bond motifs is 1. The van der Waals surface area contributed by atoms with Crippen LogP contribution in [-0.4, -0.2) is 57.1 Å². The SMILES string of the molecule is C(=NCc1cc(N2CCOCC2)n2nc(-c3ccccc3)cc2n1)c1cnc[nH]1. The summed E-state index contributed by atoms with van der Waals surface area (Å²) in [7, 11) is 0. The molecule has 3 aromatic heterocycles. The van der Waals surface area contributed by atoms with Gasteiger partial charge >= 0.3 is 0 Å². The van der Waals surface area contributed by atoms with Crippen LogP contribution in [0.5, 0.6) is 0 Å². The van der Waals surface area contributed by atoms with Crippen molar-refractivity contribution in [3.8, 4) is 11.3 Å². The Balaban J connectivity index is 1.53. The Kier molecular flexibility index (Phi) is 4.75. The van der Waals surface area contributed by atoms with E-state index < -0.39 is 0 Å². The van der Waals surface area contributed by atoms with Crippen molar-refractivity contribution in [2.45, 2.75) is 6.54 Å². The molecule has 1 aliphatic heterocycles. The number of imidazole rings is 1. The number of benzene rings is 1. The van der Waals surface area contributed by atoms with Crippen LogP contribution in [0.3, 0.4) is 0 Å². The molecule has 0 aliphatic carbocycles. The van der Waals surface area contributed by atoms with E-state index in [0.29, 0.717) is 19.8 Å². The molecule has 1 N–H and O–H groups in total. The average molecular weight is 387 g/mol. The van der Waals surface area contributed by atoms with E-state index in [1.807, 2.05) is 28.8 Å². The molecule has 8 nitrogen and oxygen atoms in total. The smallest absolute Gasteiger partial charge is 0.158 e. The Bertz CT molecular complexity index is 1110. The molecule has 0 radical (unpaired) electrons. The highest BCUT2D eigenvalue weighted by atomic mass is 16.5. The number of H-pyrrole nitrogens is 1. The number of aliphatic imine (C=N–C) groups is 1. The number of nitrogens with zero attached hydrogens (tertiary/aromatic N) is 6. The highest BCUT2D eigenvalue weighted by Crippen LogP contribution is 2.24. The standard InChI is InChI=1S/C21H21N7O/c1-2-4-16(5-3-1)19-11-20-25-17(12-22-13-18-14-23-15-24-18)10-21(28(20)26-19)27-6-8-29-9-7-27/h1-5,10-11,13-15H,6-9,12H2,(H,23,24). The summed E-state index contributed by atoms with van der Waals surface area (Å²) in [6, 6.07) is 14.3. The minimum Gasteiger partial charge on any atom is -0.378 e. The highest BCUT2D eigenvalue weighted by molar-refractivity contribution is 5.76.